The van der Waals surface area contributed by atoms with Gasteiger partial charge in [0.15, 0.2) is 12.2 Å². The van der Waals surface area contributed by atoms with E-state index in [0.29, 0.717) is 11.4 Å². The van der Waals surface area contributed by atoms with Crippen LogP contribution < -0.4 is 5.32 Å². The number of oxazole rings is 1. The summed E-state index contributed by atoms with van der Waals surface area (Å²) in [6.45, 7) is 11.4. The normalized spacial score (nSPS) is 11.5. The average molecular weight is 427 g/mol. The van der Waals surface area contributed by atoms with Crippen LogP contribution in [0.2, 0.25) is 0 Å². The molecule has 0 aliphatic carbocycles. The predicted molar refractivity (Wildman–Crippen MR) is 126 cm³/mol. The predicted octanol–water partition coefficient (Wildman–Crippen LogP) is 6.83. The third-order valence-corrected chi connectivity index (χ3v) is 3.69. The smallest absolute Gasteiger partial charge is 0.251 e. The highest BCUT2D eigenvalue weighted by atomic mass is 32.1. The quantitative estimate of drug-likeness (QED) is 0.302. The zero-order valence-corrected chi connectivity index (χ0v) is 18.5. The largest absolute Gasteiger partial charge is 0.443 e. The second-order valence-electron chi connectivity index (χ2n) is 6.73. The molecule has 2 aromatic rings. The zero-order chi connectivity index (χ0) is 22.5. The number of aryl methyl sites for hydroxylation is 1. The van der Waals surface area contributed by atoms with Gasteiger partial charge < -0.3 is 9.73 Å². The van der Waals surface area contributed by atoms with E-state index in [1.54, 1.807) is 30.5 Å². The molecule has 1 heterocycles. The summed E-state index contributed by atoms with van der Waals surface area (Å²) in [5.41, 5.74) is 3.75. The monoisotopic (exact) mass is 426 g/mol. The number of hydrogen-bond donors (Lipinski definition) is 2. The van der Waals surface area contributed by atoms with Gasteiger partial charge in [0.2, 0.25) is 0 Å². The van der Waals surface area contributed by atoms with E-state index in [-0.39, 0.29) is 0 Å². The van der Waals surface area contributed by atoms with Crippen molar-refractivity contribution >= 4 is 29.1 Å². The number of halogens is 1. The molecule has 1 aromatic heterocycles. The summed E-state index contributed by atoms with van der Waals surface area (Å²) < 4.78 is 18.4. The first-order valence-electron chi connectivity index (χ1n) is 9.19. The van der Waals surface area contributed by atoms with Crippen molar-refractivity contribution < 1.29 is 13.6 Å². The first kappa shape index (κ1) is 24.9. The lowest BCUT2D eigenvalue weighted by molar-refractivity contribution is -0.112. The van der Waals surface area contributed by atoms with Gasteiger partial charge in [-0.1, -0.05) is 47.6 Å². The first-order valence-corrected chi connectivity index (χ1v) is 9.63. The molecule has 4 nitrogen and oxygen atoms in total. The maximum Gasteiger partial charge on any atom is 0.251 e. The lowest BCUT2D eigenvalue weighted by atomic mass is 10.2. The van der Waals surface area contributed by atoms with E-state index in [4.69, 9.17) is 4.42 Å². The highest BCUT2D eigenvalue weighted by Crippen LogP contribution is 2.18. The molecule has 1 N–H and O–H groups in total. The number of amides is 1. The highest BCUT2D eigenvalue weighted by molar-refractivity contribution is 7.90. The molecule has 2 rings (SSSR count). The van der Waals surface area contributed by atoms with Crippen molar-refractivity contribution in [3.8, 4) is 0 Å². The molecule has 0 unspecified atom stereocenters. The van der Waals surface area contributed by atoms with Gasteiger partial charge in [0, 0.05) is 16.7 Å². The van der Waals surface area contributed by atoms with Crippen molar-refractivity contribution in [1.29, 1.82) is 0 Å². The fourth-order valence-corrected chi connectivity index (χ4v) is 2.30. The second-order valence-corrected chi connectivity index (χ2v) is 7.21. The summed E-state index contributed by atoms with van der Waals surface area (Å²) in [7, 11) is 0. The topological polar surface area (TPSA) is 55.1 Å². The molecule has 1 aromatic carbocycles. The van der Waals surface area contributed by atoms with Crippen molar-refractivity contribution in [2.75, 3.05) is 5.32 Å². The van der Waals surface area contributed by atoms with Crippen LogP contribution in [0.3, 0.4) is 0 Å². The van der Waals surface area contributed by atoms with E-state index in [2.05, 4.69) is 29.5 Å². The Bertz CT molecular complexity index is 950. The number of rotatable bonds is 6. The summed E-state index contributed by atoms with van der Waals surface area (Å²) >= 11 is 4.19. The van der Waals surface area contributed by atoms with Gasteiger partial charge in [-0.3, -0.25) is 4.79 Å². The van der Waals surface area contributed by atoms with Crippen molar-refractivity contribution in [2.45, 2.75) is 27.7 Å². The van der Waals surface area contributed by atoms with Gasteiger partial charge in [-0.05, 0) is 52.0 Å². The molecule has 0 saturated carbocycles. The van der Waals surface area contributed by atoms with E-state index in [9.17, 15) is 9.18 Å². The summed E-state index contributed by atoms with van der Waals surface area (Å²) in [6, 6.07) is 7.31. The van der Waals surface area contributed by atoms with Crippen LogP contribution in [0.25, 0.3) is 4.91 Å². The molecule has 0 bridgehead atoms. The molecule has 0 fully saturated rings. The van der Waals surface area contributed by atoms with Crippen LogP contribution in [0.5, 0.6) is 0 Å². The van der Waals surface area contributed by atoms with Gasteiger partial charge in [-0.15, -0.1) is 12.6 Å². The molecule has 30 heavy (non-hydrogen) atoms. The molecule has 0 saturated heterocycles. The van der Waals surface area contributed by atoms with E-state index in [1.807, 2.05) is 45.9 Å². The Hall–Kier alpha value is -3.12. The molecule has 0 atom stereocenters. The number of anilines is 1. The van der Waals surface area contributed by atoms with Gasteiger partial charge in [-0.2, -0.15) is 0 Å². The van der Waals surface area contributed by atoms with Crippen LogP contribution in [0, 0.1) is 6.92 Å². The van der Waals surface area contributed by atoms with Crippen LogP contribution in [0.1, 0.15) is 32.1 Å². The van der Waals surface area contributed by atoms with Crippen molar-refractivity contribution in [1.82, 2.24) is 4.98 Å². The van der Waals surface area contributed by atoms with E-state index in [0.717, 1.165) is 27.7 Å². The molecule has 0 radical (unpaired) electrons. The van der Waals surface area contributed by atoms with Crippen molar-refractivity contribution in [3.05, 3.63) is 102 Å². The molecule has 6 heteroatoms. The van der Waals surface area contributed by atoms with Crippen LogP contribution in [0.4, 0.5) is 10.1 Å². The average Bonchev–Trinajstić information content (AvgIpc) is 3.18. The van der Waals surface area contributed by atoms with Crippen molar-refractivity contribution in [3.63, 3.8) is 0 Å². The number of carbonyl (C=O) groups is 1. The number of nitrogens with zero attached hydrogens (tertiary/aromatic N) is 1. The third-order valence-electron chi connectivity index (χ3n) is 3.34. The summed E-state index contributed by atoms with van der Waals surface area (Å²) in [6.07, 6.45) is 10.3. The molecule has 0 spiro atoms. The van der Waals surface area contributed by atoms with E-state index < -0.39 is 11.7 Å². The van der Waals surface area contributed by atoms with Crippen LogP contribution in [-0.4, -0.2) is 10.9 Å². The number of benzene rings is 1. The lowest BCUT2D eigenvalue weighted by Crippen LogP contribution is -2.08. The maximum atomic E-state index is 13.4. The minimum absolute atomic E-state index is 0.483. The molecular formula is C24H27FN2O2S. The molecule has 158 valence electrons. The summed E-state index contributed by atoms with van der Waals surface area (Å²) in [5.74, 6) is -0.401. The highest BCUT2D eigenvalue weighted by Gasteiger charge is 2.00. The van der Waals surface area contributed by atoms with Crippen LogP contribution >= 0.6 is 12.6 Å². The number of hydrogen-bond acceptors (Lipinski definition) is 4. The Morgan fingerprint density at radius 1 is 1.20 bits per heavy atom. The van der Waals surface area contributed by atoms with Crippen LogP contribution in [0.15, 0.2) is 95.2 Å². The molecular weight excluding hydrogens is 399 g/mol. The third kappa shape index (κ3) is 11.0. The molecule has 0 aliphatic heterocycles. The fraction of sp³-hybridized carbons (Fsp3) is 0.167. The van der Waals surface area contributed by atoms with Gasteiger partial charge in [0.1, 0.15) is 5.83 Å². The number of allylic oxidation sites excluding steroid dienone is 7. The molecule has 0 aliphatic rings. The van der Waals surface area contributed by atoms with Gasteiger partial charge in [0.05, 0.1) is 6.20 Å². The SMILES string of the molecule is C=C(C)/C=C(\S)c1cnco1.CC(C)=C/C=C\C(F)=C\C(=O)Nc1ccc(C)cc1. The Balaban J connectivity index is 0.000000346. The van der Waals surface area contributed by atoms with Crippen LogP contribution in [-0.2, 0) is 4.79 Å². The Kier molecular flexibility index (Phi) is 10.9. The number of nitrogens with one attached hydrogen (secondary N) is 1. The zero-order valence-electron chi connectivity index (χ0n) is 17.6. The first-order chi connectivity index (χ1) is 14.2. The van der Waals surface area contributed by atoms with Gasteiger partial charge in [0.25, 0.3) is 5.91 Å². The number of carbonyl (C=O) groups excluding carboxylic acids is 1. The maximum absolute atomic E-state index is 13.4. The van der Waals surface area contributed by atoms with E-state index >= 15 is 0 Å². The Morgan fingerprint density at radius 2 is 1.87 bits per heavy atom. The minimum Gasteiger partial charge on any atom is -0.443 e. The second kappa shape index (κ2) is 13.2. The van der Waals surface area contributed by atoms with Gasteiger partial charge >= 0.3 is 0 Å². The number of thiol groups is 1. The Labute approximate surface area is 183 Å². The summed E-state index contributed by atoms with van der Waals surface area (Å²) in [4.78, 5) is 16.0. The minimum atomic E-state index is -0.581. The van der Waals surface area contributed by atoms with Gasteiger partial charge in [-0.25, -0.2) is 9.37 Å². The lowest BCUT2D eigenvalue weighted by Gasteiger charge is -2.01. The van der Waals surface area contributed by atoms with Crippen molar-refractivity contribution in [2.24, 2.45) is 0 Å². The summed E-state index contributed by atoms with van der Waals surface area (Å²) in [5, 5.41) is 2.59. The Morgan fingerprint density at radius 3 is 2.40 bits per heavy atom. The fourth-order valence-electron chi connectivity index (χ4n) is 1.97. The number of aromatic nitrogens is 1. The molecule has 1 amide bonds. The standard InChI is InChI=1S/C16H18FNO.C8H9NOS/c1-12(2)5-4-6-14(17)11-16(19)18-15-9-7-13(3)8-10-15;1-6(2)3-8(11)7-4-9-5-10-7/h4-11H,1-3H3,(H,18,19);3-5,11H,1H2,2H3/b6-4-,14-11-;8-3-. The van der Waals surface area contributed by atoms with E-state index in [1.165, 1.54) is 12.5 Å².